The molecule has 1 aliphatic heterocycles. The molecule has 9 heteroatoms. The van der Waals surface area contributed by atoms with Crippen LogP contribution in [0, 0.1) is 0 Å². The lowest BCUT2D eigenvalue weighted by molar-refractivity contribution is -0.137. The highest BCUT2D eigenvalue weighted by Crippen LogP contribution is 2.29. The number of nitrogens with zero attached hydrogens (tertiary/aromatic N) is 1. The molecule has 3 rings (SSSR count). The van der Waals surface area contributed by atoms with Gasteiger partial charge in [-0.25, -0.2) is 8.42 Å². The number of nitrogens with one attached hydrogen (secondary N) is 1. The molecular weight excluding hydrogens is 408 g/mol. The van der Waals surface area contributed by atoms with E-state index in [0.29, 0.717) is 37.8 Å². The molecule has 162 valence electrons. The molecular formula is C21H26N2O6S. The van der Waals surface area contributed by atoms with Crippen molar-refractivity contribution < 1.29 is 27.4 Å². The lowest BCUT2D eigenvalue weighted by Gasteiger charge is -2.30. The number of ether oxygens (including phenoxy) is 3. The van der Waals surface area contributed by atoms with E-state index in [-0.39, 0.29) is 17.2 Å². The van der Waals surface area contributed by atoms with E-state index < -0.39 is 16.1 Å². The Bertz CT molecular complexity index is 959. The van der Waals surface area contributed by atoms with E-state index in [1.807, 2.05) is 30.3 Å². The van der Waals surface area contributed by atoms with Crippen molar-refractivity contribution in [1.82, 2.24) is 9.62 Å². The van der Waals surface area contributed by atoms with Crippen molar-refractivity contribution in [3.63, 3.8) is 0 Å². The lowest BCUT2D eigenvalue weighted by atomic mass is 10.1. The van der Waals surface area contributed by atoms with Crippen LogP contribution in [0.1, 0.15) is 5.56 Å². The molecule has 2 aromatic carbocycles. The molecule has 1 aliphatic rings. The predicted molar refractivity (Wildman–Crippen MR) is 111 cm³/mol. The first-order valence-electron chi connectivity index (χ1n) is 9.59. The number of hydrogen-bond donors (Lipinski definition) is 1. The Morgan fingerprint density at radius 2 is 1.73 bits per heavy atom. The van der Waals surface area contributed by atoms with Gasteiger partial charge in [0.05, 0.1) is 32.3 Å². The minimum atomic E-state index is -3.99. The summed E-state index contributed by atoms with van der Waals surface area (Å²) in [6.07, 6.45) is 0.240. The Hall–Kier alpha value is -2.62. The first kappa shape index (κ1) is 22.1. The normalized spacial score (nSPS) is 15.5. The fourth-order valence-electron chi connectivity index (χ4n) is 3.27. The highest BCUT2D eigenvalue weighted by atomic mass is 32.2. The largest absolute Gasteiger partial charge is 0.493 e. The van der Waals surface area contributed by atoms with Gasteiger partial charge in [-0.1, -0.05) is 30.3 Å². The lowest BCUT2D eigenvalue weighted by Crippen LogP contribution is -2.52. The average Bonchev–Trinajstić information content (AvgIpc) is 2.78. The molecule has 30 heavy (non-hydrogen) atoms. The van der Waals surface area contributed by atoms with Crippen LogP contribution in [0.2, 0.25) is 0 Å². The minimum absolute atomic E-state index is 0.00649. The van der Waals surface area contributed by atoms with E-state index in [0.717, 1.165) is 5.56 Å². The van der Waals surface area contributed by atoms with Crippen LogP contribution < -0.4 is 14.2 Å². The van der Waals surface area contributed by atoms with Crippen molar-refractivity contribution in [2.24, 2.45) is 0 Å². The van der Waals surface area contributed by atoms with Crippen LogP contribution >= 0.6 is 0 Å². The van der Waals surface area contributed by atoms with Crippen LogP contribution in [0.5, 0.6) is 11.5 Å². The molecule has 2 aromatic rings. The smallest absolute Gasteiger partial charge is 0.241 e. The number of rotatable bonds is 8. The fraction of sp³-hybridized carbons (Fsp3) is 0.381. The number of sulfonamides is 1. The summed E-state index contributed by atoms with van der Waals surface area (Å²) in [6.45, 7) is 1.74. The number of amides is 1. The number of morpholine rings is 1. The van der Waals surface area contributed by atoms with Crippen molar-refractivity contribution in [3.05, 3.63) is 54.1 Å². The molecule has 0 radical (unpaired) electrons. The second kappa shape index (κ2) is 9.92. The maximum atomic E-state index is 13.1. The Morgan fingerprint density at radius 3 is 2.37 bits per heavy atom. The van der Waals surface area contributed by atoms with Crippen LogP contribution in [0.4, 0.5) is 0 Å². The van der Waals surface area contributed by atoms with Gasteiger partial charge in [0.15, 0.2) is 11.5 Å². The first-order valence-corrected chi connectivity index (χ1v) is 11.1. The highest BCUT2D eigenvalue weighted by molar-refractivity contribution is 7.89. The summed E-state index contributed by atoms with van der Waals surface area (Å²) in [7, 11) is -1.08. The molecule has 0 aromatic heterocycles. The third kappa shape index (κ3) is 5.29. The molecule has 1 saturated heterocycles. The van der Waals surface area contributed by atoms with Gasteiger partial charge in [-0.05, 0) is 24.1 Å². The molecule has 0 spiro atoms. The summed E-state index contributed by atoms with van der Waals surface area (Å²) in [5.74, 6) is 0.437. The van der Waals surface area contributed by atoms with Gasteiger partial charge in [0.25, 0.3) is 0 Å². The summed E-state index contributed by atoms with van der Waals surface area (Å²) in [4.78, 5) is 14.8. The quantitative estimate of drug-likeness (QED) is 0.676. The van der Waals surface area contributed by atoms with Crippen molar-refractivity contribution in [3.8, 4) is 11.5 Å². The van der Waals surface area contributed by atoms with Gasteiger partial charge in [-0.3, -0.25) is 4.79 Å². The highest BCUT2D eigenvalue weighted by Gasteiger charge is 2.30. The number of carbonyl (C=O) groups is 1. The first-order chi connectivity index (χ1) is 14.4. The average molecular weight is 435 g/mol. The monoisotopic (exact) mass is 434 g/mol. The molecule has 1 fully saturated rings. The molecule has 1 atom stereocenters. The second-order valence-corrected chi connectivity index (χ2v) is 8.53. The van der Waals surface area contributed by atoms with E-state index in [4.69, 9.17) is 14.2 Å². The zero-order valence-corrected chi connectivity index (χ0v) is 17.9. The zero-order valence-electron chi connectivity index (χ0n) is 17.0. The number of hydrogen-bond acceptors (Lipinski definition) is 6. The Kier molecular flexibility index (Phi) is 7.30. The molecule has 0 aliphatic carbocycles. The topological polar surface area (TPSA) is 94.2 Å². The van der Waals surface area contributed by atoms with Gasteiger partial charge in [-0.15, -0.1) is 0 Å². The third-order valence-electron chi connectivity index (χ3n) is 4.87. The van der Waals surface area contributed by atoms with Crippen molar-refractivity contribution in [1.29, 1.82) is 0 Å². The Morgan fingerprint density at radius 1 is 1.07 bits per heavy atom. The van der Waals surface area contributed by atoms with E-state index in [2.05, 4.69) is 4.72 Å². The number of carbonyl (C=O) groups excluding carboxylic acids is 1. The van der Waals surface area contributed by atoms with Crippen LogP contribution in [0.15, 0.2) is 53.4 Å². The SMILES string of the molecule is COc1ccc(S(=O)(=O)N[C@H](Cc2ccccc2)C(=O)N2CCOCC2)cc1OC. The zero-order chi connectivity index (χ0) is 21.6. The van der Waals surface area contributed by atoms with Crippen LogP contribution in [-0.2, 0) is 26.0 Å². The summed E-state index contributed by atoms with van der Waals surface area (Å²) in [5.41, 5.74) is 0.860. The van der Waals surface area contributed by atoms with Gasteiger partial charge < -0.3 is 19.1 Å². The summed E-state index contributed by atoms with van der Waals surface area (Å²) in [6, 6.07) is 12.7. The number of methoxy groups -OCH3 is 2. The van der Waals surface area contributed by atoms with Gasteiger partial charge in [0.2, 0.25) is 15.9 Å². The summed E-state index contributed by atoms with van der Waals surface area (Å²) >= 11 is 0. The van der Waals surface area contributed by atoms with Crippen LogP contribution in [0.25, 0.3) is 0 Å². The van der Waals surface area contributed by atoms with Gasteiger partial charge in [-0.2, -0.15) is 4.72 Å². The molecule has 0 bridgehead atoms. The maximum Gasteiger partial charge on any atom is 0.241 e. The Labute approximate surface area is 176 Å². The number of benzene rings is 2. The van der Waals surface area contributed by atoms with Gasteiger partial charge >= 0.3 is 0 Å². The van der Waals surface area contributed by atoms with Crippen molar-refractivity contribution >= 4 is 15.9 Å². The fourth-order valence-corrected chi connectivity index (χ4v) is 4.48. The van der Waals surface area contributed by atoms with Crippen LogP contribution in [0.3, 0.4) is 0 Å². The second-order valence-electron chi connectivity index (χ2n) is 6.82. The van der Waals surface area contributed by atoms with Crippen LogP contribution in [-0.4, -0.2) is 65.8 Å². The molecule has 1 amide bonds. The standard InChI is InChI=1S/C21H26N2O6S/c1-27-19-9-8-17(15-20(19)28-2)30(25,26)22-18(14-16-6-4-3-5-7-16)21(24)23-10-12-29-13-11-23/h3-9,15,18,22H,10-14H2,1-2H3/t18-/m1/s1. The summed E-state index contributed by atoms with van der Waals surface area (Å²) in [5, 5.41) is 0. The van der Waals surface area contributed by atoms with E-state index in [1.54, 1.807) is 4.90 Å². The van der Waals surface area contributed by atoms with Crippen molar-refractivity contribution in [2.75, 3.05) is 40.5 Å². The predicted octanol–water partition coefficient (Wildman–Crippen LogP) is 1.45. The molecule has 0 unspecified atom stereocenters. The molecule has 0 saturated carbocycles. The van der Waals surface area contributed by atoms with E-state index in [1.165, 1.54) is 32.4 Å². The van der Waals surface area contributed by atoms with Gasteiger partial charge in [0, 0.05) is 19.2 Å². The molecule has 8 nitrogen and oxygen atoms in total. The van der Waals surface area contributed by atoms with E-state index >= 15 is 0 Å². The van der Waals surface area contributed by atoms with E-state index in [9.17, 15) is 13.2 Å². The molecule has 1 heterocycles. The van der Waals surface area contributed by atoms with Gasteiger partial charge in [0.1, 0.15) is 6.04 Å². The maximum absolute atomic E-state index is 13.1. The summed E-state index contributed by atoms with van der Waals surface area (Å²) < 4.78 is 44.4. The Balaban J connectivity index is 1.88. The third-order valence-corrected chi connectivity index (χ3v) is 6.34. The minimum Gasteiger partial charge on any atom is -0.493 e. The molecule has 1 N–H and O–H groups in total. The van der Waals surface area contributed by atoms with Crippen molar-refractivity contribution in [2.45, 2.75) is 17.4 Å².